The first-order chi connectivity index (χ1) is 8.55. The molecule has 1 aromatic rings. The molecule has 102 valence electrons. The fourth-order valence-corrected chi connectivity index (χ4v) is 1.85. The highest BCUT2D eigenvalue weighted by molar-refractivity contribution is 5.00. The van der Waals surface area contributed by atoms with E-state index in [0.29, 0.717) is 24.2 Å². The number of aliphatic hydroxyl groups is 1. The normalized spacial score (nSPS) is 20.7. The number of ether oxygens (including phenoxy) is 1. The highest BCUT2D eigenvalue weighted by atomic mass is 16.5. The highest BCUT2D eigenvalue weighted by Crippen LogP contribution is 2.42. The predicted molar refractivity (Wildman–Crippen MR) is 64.8 cm³/mol. The van der Waals surface area contributed by atoms with Gasteiger partial charge in [-0.2, -0.15) is 4.98 Å². The Morgan fingerprint density at radius 2 is 2.33 bits per heavy atom. The summed E-state index contributed by atoms with van der Waals surface area (Å²) in [5, 5.41) is 13.8. The van der Waals surface area contributed by atoms with Crippen molar-refractivity contribution in [2.45, 2.75) is 44.8 Å². The fraction of sp³-hybridized carbons (Fsp3) is 0.833. The summed E-state index contributed by atoms with van der Waals surface area (Å²) in [6.45, 7) is 4.39. The van der Waals surface area contributed by atoms with Crippen molar-refractivity contribution in [1.82, 2.24) is 10.1 Å². The third kappa shape index (κ3) is 3.28. The zero-order chi connectivity index (χ0) is 13.2. The van der Waals surface area contributed by atoms with Crippen LogP contribution < -0.4 is 5.73 Å². The molecule has 0 bridgehead atoms. The van der Waals surface area contributed by atoms with Gasteiger partial charge in [0.25, 0.3) is 0 Å². The standard InChI is InChI=1S/C12H21N3O3/c1-3-17-10(8-4-5-8)11-14-9(18-15-11)6-12(2,16)7-13/h8,10,16H,3-7,13H2,1-2H3. The lowest BCUT2D eigenvalue weighted by Gasteiger charge is -2.17. The summed E-state index contributed by atoms with van der Waals surface area (Å²) in [5.74, 6) is 1.50. The summed E-state index contributed by atoms with van der Waals surface area (Å²) < 4.78 is 10.8. The van der Waals surface area contributed by atoms with Crippen LogP contribution in [0.1, 0.15) is 44.5 Å². The first-order valence-electron chi connectivity index (χ1n) is 6.42. The molecule has 2 atom stereocenters. The number of aromatic nitrogens is 2. The molecule has 3 N–H and O–H groups in total. The molecule has 1 aliphatic carbocycles. The van der Waals surface area contributed by atoms with E-state index in [2.05, 4.69) is 10.1 Å². The minimum absolute atomic E-state index is 0.0738. The van der Waals surface area contributed by atoms with Gasteiger partial charge >= 0.3 is 0 Å². The van der Waals surface area contributed by atoms with Crippen LogP contribution >= 0.6 is 0 Å². The Morgan fingerprint density at radius 3 is 2.89 bits per heavy atom. The molecule has 0 aromatic carbocycles. The van der Waals surface area contributed by atoms with Crippen LogP contribution in [0.2, 0.25) is 0 Å². The maximum atomic E-state index is 9.87. The van der Waals surface area contributed by atoms with E-state index in [-0.39, 0.29) is 19.1 Å². The van der Waals surface area contributed by atoms with Crippen molar-refractivity contribution in [3.8, 4) is 0 Å². The minimum atomic E-state index is -1.01. The molecular formula is C12H21N3O3. The van der Waals surface area contributed by atoms with Gasteiger partial charge in [0.1, 0.15) is 6.10 Å². The predicted octanol–water partition coefficient (Wildman–Crippen LogP) is 0.809. The van der Waals surface area contributed by atoms with Gasteiger partial charge in [0.05, 0.1) is 12.0 Å². The number of hydrogen-bond donors (Lipinski definition) is 2. The molecule has 6 nitrogen and oxygen atoms in total. The monoisotopic (exact) mass is 255 g/mol. The van der Waals surface area contributed by atoms with Crippen molar-refractivity contribution in [2.75, 3.05) is 13.2 Å². The molecule has 1 aliphatic rings. The Bertz CT molecular complexity index is 388. The summed E-state index contributed by atoms with van der Waals surface area (Å²) in [7, 11) is 0. The van der Waals surface area contributed by atoms with Crippen molar-refractivity contribution in [3.63, 3.8) is 0 Å². The van der Waals surface area contributed by atoms with E-state index >= 15 is 0 Å². The SMILES string of the molecule is CCOC(c1noc(CC(C)(O)CN)n1)C1CC1. The summed E-state index contributed by atoms with van der Waals surface area (Å²) >= 11 is 0. The lowest BCUT2D eigenvalue weighted by atomic mass is 10.0. The fourth-order valence-electron chi connectivity index (χ4n) is 1.85. The van der Waals surface area contributed by atoms with Crippen LogP contribution in [0.4, 0.5) is 0 Å². The molecule has 0 saturated heterocycles. The average molecular weight is 255 g/mol. The second-order valence-electron chi connectivity index (χ2n) is 5.14. The molecule has 0 radical (unpaired) electrons. The molecule has 0 spiro atoms. The maximum absolute atomic E-state index is 9.87. The minimum Gasteiger partial charge on any atom is -0.388 e. The molecule has 18 heavy (non-hydrogen) atoms. The third-order valence-corrected chi connectivity index (χ3v) is 3.11. The number of rotatable bonds is 7. The molecule has 6 heteroatoms. The largest absolute Gasteiger partial charge is 0.388 e. The summed E-state index contributed by atoms with van der Waals surface area (Å²) in [5.41, 5.74) is 4.45. The van der Waals surface area contributed by atoms with E-state index in [1.54, 1.807) is 6.92 Å². The lowest BCUT2D eigenvalue weighted by Crippen LogP contribution is -2.36. The Kier molecular flexibility index (Phi) is 3.99. The van der Waals surface area contributed by atoms with Crippen molar-refractivity contribution in [1.29, 1.82) is 0 Å². The van der Waals surface area contributed by atoms with Gasteiger partial charge in [0, 0.05) is 13.2 Å². The van der Waals surface area contributed by atoms with Gasteiger partial charge in [-0.3, -0.25) is 0 Å². The second-order valence-corrected chi connectivity index (χ2v) is 5.14. The first-order valence-corrected chi connectivity index (χ1v) is 6.42. The third-order valence-electron chi connectivity index (χ3n) is 3.11. The average Bonchev–Trinajstić information content (AvgIpc) is 3.07. The van der Waals surface area contributed by atoms with Gasteiger partial charge in [-0.1, -0.05) is 5.16 Å². The van der Waals surface area contributed by atoms with E-state index < -0.39 is 5.60 Å². The first kappa shape index (κ1) is 13.5. The Labute approximate surface area is 107 Å². The van der Waals surface area contributed by atoms with E-state index in [1.807, 2.05) is 6.92 Å². The quantitative estimate of drug-likeness (QED) is 0.748. The van der Waals surface area contributed by atoms with Gasteiger partial charge in [0.15, 0.2) is 0 Å². The second kappa shape index (κ2) is 5.34. The molecule has 1 heterocycles. The Balaban J connectivity index is 2.04. The molecule has 1 fully saturated rings. The number of nitrogens with zero attached hydrogens (tertiary/aromatic N) is 2. The van der Waals surface area contributed by atoms with E-state index in [9.17, 15) is 5.11 Å². The zero-order valence-electron chi connectivity index (χ0n) is 10.9. The van der Waals surface area contributed by atoms with Crippen LogP contribution in [0, 0.1) is 5.92 Å². The van der Waals surface area contributed by atoms with Crippen LogP contribution in [0.5, 0.6) is 0 Å². The summed E-state index contributed by atoms with van der Waals surface area (Å²) in [4.78, 5) is 4.31. The van der Waals surface area contributed by atoms with Crippen molar-refractivity contribution in [3.05, 3.63) is 11.7 Å². The van der Waals surface area contributed by atoms with Crippen LogP contribution in [-0.2, 0) is 11.2 Å². The van der Waals surface area contributed by atoms with Gasteiger partial charge in [-0.25, -0.2) is 0 Å². The van der Waals surface area contributed by atoms with E-state index in [4.69, 9.17) is 15.0 Å². The molecule has 0 amide bonds. The molecule has 2 unspecified atom stereocenters. The molecular weight excluding hydrogens is 234 g/mol. The van der Waals surface area contributed by atoms with Crippen molar-refractivity contribution >= 4 is 0 Å². The van der Waals surface area contributed by atoms with Gasteiger partial charge in [-0.15, -0.1) is 0 Å². The van der Waals surface area contributed by atoms with Crippen LogP contribution in [0.15, 0.2) is 4.52 Å². The smallest absolute Gasteiger partial charge is 0.229 e. The molecule has 0 aliphatic heterocycles. The zero-order valence-corrected chi connectivity index (χ0v) is 10.9. The maximum Gasteiger partial charge on any atom is 0.229 e. The van der Waals surface area contributed by atoms with E-state index in [0.717, 1.165) is 12.8 Å². The van der Waals surface area contributed by atoms with Crippen LogP contribution in [0.3, 0.4) is 0 Å². The molecule has 2 rings (SSSR count). The molecule has 1 aromatic heterocycles. The van der Waals surface area contributed by atoms with Gasteiger partial charge in [0.2, 0.25) is 11.7 Å². The van der Waals surface area contributed by atoms with Crippen LogP contribution in [0.25, 0.3) is 0 Å². The molecule has 1 saturated carbocycles. The highest BCUT2D eigenvalue weighted by Gasteiger charge is 2.36. The number of hydrogen-bond acceptors (Lipinski definition) is 6. The Hall–Kier alpha value is -0.980. The summed E-state index contributed by atoms with van der Waals surface area (Å²) in [6, 6.07) is 0. The summed E-state index contributed by atoms with van der Waals surface area (Å²) in [6.07, 6.45) is 2.49. The van der Waals surface area contributed by atoms with Crippen molar-refractivity contribution in [2.24, 2.45) is 11.7 Å². The van der Waals surface area contributed by atoms with E-state index in [1.165, 1.54) is 0 Å². The van der Waals surface area contributed by atoms with Crippen molar-refractivity contribution < 1.29 is 14.4 Å². The lowest BCUT2D eigenvalue weighted by molar-refractivity contribution is 0.0384. The van der Waals surface area contributed by atoms with Gasteiger partial charge < -0.3 is 20.1 Å². The Morgan fingerprint density at radius 1 is 1.61 bits per heavy atom. The topological polar surface area (TPSA) is 94.4 Å². The van der Waals surface area contributed by atoms with Crippen LogP contribution in [-0.4, -0.2) is 34.0 Å². The number of nitrogens with two attached hydrogens (primary N) is 1. The van der Waals surface area contributed by atoms with Gasteiger partial charge in [-0.05, 0) is 32.6 Å².